The average Bonchev–Trinajstić information content (AvgIpc) is 3.70. The van der Waals surface area contributed by atoms with Gasteiger partial charge in [-0.3, -0.25) is 9.59 Å². The maximum absolute atomic E-state index is 13.0. The molecule has 3 fully saturated rings. The first-order valence-electron chi connectivity index (χ1n) is 14.4. The van der Waals surface area contributed by atoms with Crippen molar-refractivity contribution in [2.75, 3.05) is 38.2 Å². The number of benzene rings is 2. The molecule has 3 atom stereocenters. The third-order valence-corrected chi connectivity index (χ3v) is 9.93. The number of ether oxygens (including phenoxy) is 2. The van der Waals surface area contributed by atoms with Gasteiger partial charge in [0.15, 0.2) is 5.13 Å². The topological polar surface area (TPSA) is 92.2 Å². The Morgan fingerprint density at radius 1 is 1.05 bits per heavy atom. The Morgan fingerprint density at radius 3 is 2.51 bits per heavy atom. The van der Waals surface area contributed by atoms with Crippen LogP contribution in [0.15, 0.2) is 41.8 Å². The molecule has 2 aromatic carbocycles. The summed E-state index contributed by atoms with van der Waals surface area (Å²) >= 11 is 1.61. The van der Waals surface area contributed by atoms with Crippen molar-refractivity contribution in [1.82, 2.24) is 9.88 Å². The molecule has 6 rings (SSSR count). The van der Waals surface area contributed by atoms with Gasteiger partial charge in [0.05, 0.1) is 17.7 Å². The van der Waals surface area contributed by atoms with E-state index in [1.165, 1.54) is 0 Å². The van der Waals surface area contributed by atoms with Crippen molar-refractivity contribution in [2.45, 2.75) is 45.8 Å². The maximum atomic E-state index is 13.0. The highest BCUT2D eigenvalue weighted by atomic mass is 32.1. The van der Waals surface area contributed by atoms with Crippen LogP contribution >= 0.6 is 11.3 Å². The number of hydrogen-bond donors (Lipinski definition) is 1. The van der Waals surface area contributed by atoms with Gasteiger partial charge in [-0.25, -0.2) is 4.98 Å². The predicted molar refractivity (Wildman–Crippen MR) is 159 cm³/mol. The molecular formula is C32H37N3O5S. The third kappa shape index (κ3) is 5.57. The zero-order valence-corrected chi connectivity index (χ0v) is 24.7. The van der Waals surface area contributed by atoms with Crippen LogP contribution < -0.4 is 9.64 Å². The van der Waals surface area contributed by atoms with Crippen LogP contribution in [0.3, 0.4) is 0 Å². The Morgan fingerprint density at radius 2 is 1.83 bits per heavy atom. The van der Waals surface area contributed by atoms with Gasteiger partial charge in [0.25, 0.3) is 5.91 Å². The number of aliphatic carboxylic acids is 1. The summed E-state index contributed by atoms with van der Waals surface area (Å²) in [7, 11) is 1.69. The summed E-state index contributed by atoms with van der Waals surface area (Å²) in [4.78, 5) is 33.9. The molecule has 3 aliphatic rings. The van der Waals surface area contributed by atoms with Gasteiger partial charge in [-0.15, -0.1) is 11.3 Å². The minimum absolute atomic E-state index is 0.0421. The van der Waals surface area contributed by atoms with Crippen LogP contribution in [-0.2, 0) is 16.1 Å². The van der Waals surface area contributed by atoms with Crippen molar-refractivity contribution in [1.29, 1.82) is 0 Å². The van der Waals surface area contributed by atoms with Gasteiger partial charge in [-0.05, 0) is 80.3 Å². The van der Waals surface area contributed by atoms with Crippen molar-refractivity contribution < 1.29 is 24.2 Å². The lowest BCUT2D eigenvalue weighted by Gasteiger charge is -2.35. The van der Waals surface area contributed by atoms with Crippen LogP contribution in [-0.4, -0.2) is 66.3 Å². The van der Waals surface area contributed by atoms with Crippen LogP contribution in [0, 0.1) is 31.6 Å². The number of hydrogen-bond acceptors (Lipinski definition) is 7. The molecule has 3 heterocycles. The van der Waals surface area contributed by atoms with E-state index in [2.05, 4.69) is 23.3 Å². The number of thiazole rings is 1. The van der Waals surface area contributed by atoms with Gasteiger partial charge in [0, 0.05) is 49.8 Å². The van der Waals surface area contributed by atoms with Crippen molar-refractivity contribution in [3.05, 3.63) is 64.0 Å². The van der Waals surface area contributed by atoms with Crippen LogP contribution in [0.2, 0.25) is 0 Å². The van der Waals surface area contributed by atoms with Gasteiger partial charge in [0.1, 0.15) is 12.4 Å². The van der Waals surface area contributed by atoms with E-state index in [0.29, 0.717) is 18.7 Å². The fraction of sp³-hybridized carbons (Fsp3) is 0.469. The number of aryl methyl sites for hydroxylation is 2. The number of methoxy groups -OCH3 is 1. The Balaban J connectivity index is 1.15. The summed E-state index contributed by atoms with van der Waals surface area (Å²) in [6.07, 6.45) is 2.95. The van der Waals surface area contributed by atoms with E-state index in [-0.39, 0.29) is 29.8 Å². The molecule has 41 heavy (non-hydrogen) atoms. The Bertz CT molecular complexity index is 1440. The number of carbonyl (C=O) groups is 2. The Labute approximate surface area is 244 Å². The first kappa shape index (κ1) is 27.7. The number of rotatable bonds is 8. The summed E-state index contributed by atoms with van der Waals surface area (Å²) in [5.74, 6) is 0.320. The number of likely N-dealkylation sites (tertiary alicyclic amines) is 1. The molecule has 9 heteroatoms. The second-order valence-corrected chi connectivity index (χ2v) is 12.5. The molecule has 0 radical (unpaired) electrons. The average molecular weight is 576 g/mol. The third-order valence-electron chi connectivity index (χ3n) is 9.03. The van der Waals surface area contributed by atoms with E-state index >= 15 is 0 Å². The number of aromatic nitrogens is 1. The van der Waals surface area contributed by atoms with Crippen LogP contribution in [0.25, 0.3) is 11.3 Å². The highest BCUT2D eigenvalue weighted by Crippen LogP contribution is 2.44. The van der Waals surface area contributed by atoms with E-state index in [9.17, 15) is 14.7 Å². The smallest absolute Gasteiger partial charge is 0.307 e. The summed E-state index contributed by atoms with van der Waals surface area (Å²) in [5.41, 5.74) is 5.67. The normalized spacial score (nSPS) is 23.7. The Kier molecular flexibility index (Phi) is 7.74. The second-order valence-electron chi connectivity index (χ2n) is 11.7. The standard InChI is InChI=1S/C32H37N3O5S/c1-19-4-9-28(40-17-24-8-5-21(13-20(24)2)30(36)34-11-10-25(16-34)39-3)26(12-19)27-18-41-32(33-27)35-14-22-6-7-23(15-35)29(22)31(37)38/h4-5,8-9,12-13,18,22-23,25,29H,6-7,10-11,14-17H2,1-3H3,(H,37,38). The van der Waals surface area contributed by atoms with Gasteiger partial charge in [0.2, 0.25) is 0 Å². The SMILES string of the molecule is COC1CCN(C(=O)c2ccc(COc3ccc(C)cc3-c3csc(N4CC5CCC(C4)C5C(=O)O)n3)c(C)c2)C1. The molecule has 2 bridgehead atoms. The quantitative estimate of drug-likeness (QED) is 0.384. The van der Waals surface area contributed by atoms with Gasteiger partial charge in [-0.2, -0.15) is 0 Å². The van der Waals surface area contributed by atoms with Crippen molar-refractivity contribution >= 4 is 28.3 Å². The number of carboxylic acids is 1. The van der Waals surface area contributed by atoms with Crippen molar-refractivity contribution in [3.63, 3.8) is 0 Å². The second kappa shape index (κ2) is 11.4. The fourth-order valence-corrected chi connectivity index (χ4v) is 7.56. The first-order chi connectivity index (χ1) is 19.8. The highest BCUT2D eigenvalue weighted by Gasteiger charge is 2.46. The molecule has 0 spiro atoms. The number of amides is 1. The number of carboxylic acid groups (broad SMARTS) is 1. The molecule has 216 valence electrons. The van der Waals surface area contributed by atoms with Crippen LogP contribution in [0.1, 0.15) is 46.3 Å². The maximum Gasteiger partial charge on any atom is 0.307 e. The minimum atomic E-state index is -0.651. The summed E-state index contributed by atoms with van der Waals surface area (Å²) < 4.78 is 11.8. The molecular weight excluding hydrogens is 538 g/mol. The zero-order valence-electron chi connectivity index (χ0n) is 23.8. The molecule has 3 aromatic rings. The molecule has 1 aromatic heterocycles. The number of fused-ring (bicyclic) bond motifs is 2. The lowest BCUT2D eigenvalue weighted by Crippen LogP contribution is -2.44. The Hall–Kier alpha value is -3.43. The molecule has 3 unspecified atom stereocenters. The molecule has 1 N–H and O–H groups in total. The summed E-state index contributed by atoms with van der Waals surface area (Å²) in [6.45, 7) is 7.31. The highest BCUT2D eigenvalue weighted by molar-refractivity contribution is 7.14. The number of carbonyl (C=O) groups excluding carboxylic acids is 1. The summed E-state index contributed by atoms with van der Waals surface area (Å²) in [6, 6.07) is 12.0. The molecule has 1 amide bonds. The van der Waals surface area contributed by atoms with E-state index < -0.39 is 5.97 Å². The fourth-order valence-electron chi connectivity index (χ4n) is 6.72. The van der Waals surface area contributed by atoms with E-state index in [1.54, 1.807) is 18.4 Å². The van der Waals surface area contributed by atoms with E-state index in [1.807, 2.05) is 42.2 Å². The molecule has 1 saturated carbocycles. The lowest BCUT2D eigenvalue weighted by molar-refractivity contribution is -0.144. The van der Waals surface area contributed by atoms with Crippen molar-refractivity contribution in [3.8, 4) is 17.0 Å². The number of anilines is 1. The predicted octanol–water partition coefficient (Wildman–Crippen LogP) is 5.41. The number of nitrogens with zero attached hydrogens (tertiary/aromatic N) is 3. The lowest BCUT2D eigenvalue weighted by atomic mass is 9.85. The van der Waals surface area contributed by atoms with Gasteiger partial charge >= 0.3 is 5.97 Å². The largest absolute Gasteiger partial charge is 0.488 e. The monoisotopic (exact) mass is 575 g/mol. The van der Waals surface area contributed by atoms with Crippen molar-refractivity contribution in [2.24, 2.45) is 17.8 Å². The van der Waals surface area contributed by atoms with Gasteiger partial charge in [-0.1, -0.05) is 17.7 Å². The molecule has 1 aliphatic carbocycles. The number of piperidine rings is 1. The molecule has 2 saturated heterocycles. The minimum Gasteiger partial charge on any atom is -0.488 e. The van der Waals surface area contributed by atoms with Crippen LogP contribution in [0.4, 0.5) is 5.13 Å². The molecule has 8 nitrogen and oxygen atoms in total. The van der Waals surface area contributed by atoms with E-state index in [0.717, 1.165) is 77.7 Å². The van der Waals surface area contributed by atoms with Gasteiger partial charge < -0.3 is 24.4 Å². The summed E-state index contributed by atoms with van der Waals surface area (Å²) in [5, 5.41) is 12.7. The van der Waals surface area contributed by atoms with Crippen LogP contribution in [0.5, 0.6) is 5.75 Å². The first-order valence-corrected chi connectivity index (χ1v) is 15.3. The zero-order chi connectivity index (χ0) is 28.7. The molecule has 2 aliphatic heterocycles. The van der Waals surface area contributed by atoms with E-state index in [4.69, 9.17) is 14.5 Å².